The van der Waals surface area contributed by atoms with Crippen LogP contribution in [-0.4, -0.2) is 80.6 Å². The Balaban J connectivity index is 1.04. The summed E-state index contributed by atoms with van der Waals surface area (Å²) in [5.41, 5.74) is 2.81. The lowest BCUT2D eigenvalue weighted by molar-refractivity contribution is -0.153. The molecule has 0 radical (unpaired) electrons. The summed E-state index contributed by atoms with van der Waals surface area (Å²) >= 11 is 1.26. The molecule has 16 heteroatoms. The first-order valence-electron chi connectivity index (χ1n) is 19.4. The second-order valence-electron chi connectivity index (χ2n) is 14.1. The highest BCUT2D eigenvalue weighted by Gasteiger charge is 2.57. The molecule has 2 aliphatic heterocycles. The number of benzene rings is 4. The fourth-order valence-electron chi connectivity index (χ4n) is 7.38. The van der Waals surface area contributed by atoms with Gasteiger partial charge in [-0.2, -0.15) is 0 Å². The van der Waals surface area contributed by atoms with Crippen LogP contribution in [0.5, 0.6) is 11.5 Å². The first kappa shape index (κ1) is 41.6. The molecule has 1 unspecified atom stereocenters. The molecule has 3 atom stereocenters. The molecule has 14 nitrogen and oxygen atoms in total. The average Bonchev–Trinajstić information content (AvgIpc) is 3.79. The summed E-state index contributed by atoms with van der Waals surface area (Å²) in [5, 5.41) is 11.4. The van der Waals surface area contributed by atoms with Crippen LogP contribution in [0, 0.1) is 0 Å². The van der Waals surface area contributed by atoms with Gasteiger partial charge in [0.1, 0.15) is 60.2 Å². The highest BCUT2D eigenvalue weighted by molar-refractivity contribution is 7.86. The number of β-lactam (4-membered cyclic amide) rings is 1. The number of hydrogen-bond acceptors (Lipinski definition) is 13. The van der Waals surface area contributed by atoms with Crippen LogP contribution in [0.1, 0.15) is 27.9 Å². The number of ether oxygens (including phenoxy) is 3. The highest BCUT2D eigenvalue weighted by Crippen LogP contribution is 2.41. The van der Waals surface area contributed by atoms with E-state index in [1.165, 1.54) is 24.6 Å². The Morgan fingerprint density at radius 1 is 0.855 bits per heavy atom. The molecule has 8 rings (SSSR count). The van der Waals surface area contributed by atoms with E-state index in [9.17, 15) is 18.6 Å². The van der Waals surface area contributed by atoms with Gasteiger partial charge < -0.3 is 29.7 Å². The summed E-state index contributed by atoms with van der Waals surface area (Å²) < 4.78 is 30.7. The summed E-state index contributed by atoms with van der Waals surface area (Å²) in [6, 6.07) is 39.0. The smallest absolute Gasteiger partial charge is 0.355 e. The van der Waals surface area contributed by atoms with Crippen molar-refractivity contribution < 1.29 is 37.6 Å². The SMILES string of the molecule is CO/N=C(\C(=O)N[C@@H]1C(=O)N2C(C(=O)OCc3ccc(OC)cc3)=C(COc3cccnc3)CS(=O)[C@H]12)c1csc(NC(c2ccccc2)(c2ccccc2)c2ccccc2)n1. The van der Waals surface area contributed by atoms with Crippen LogP contribution in [0.3, 0.4) is 0 Å². The molecule has 1 saturated heterocycles. The number of esters is 1. The van der Waals surface area contributed by atoms with Gasteiger partial charge in [-0.05, 0) is 46.5 Å². The summed E-state index contributed by atoms with van der Waals surface area (Å²) in [4.78, 5) is 57.0. The van der Waals surface area contributed by atoms with E-state index in [4.69, 9.17) is 24.0 Å². The molecule has 4 aromatic carbocycles. The summed E-state index contributed by atoms with van der Waals surface area (Å²) in [7, 11) is 1.07. The van der Waals surface area contributed by atoms with Crippen molar-refractivity contribution >= 4 is 50.8 Å². The van der Waals surface area contributed by atoms with Crippen molar-refractivity contribution in [1.82, 2.24) is 20.2 Å². The molecule has 0 spiro atoms. The van der Waals surface area contributed by atoms with Crippen LogP contribution in [-0.2, 0) is 46.9 Å². The van der Waals surface area contributed by atoms with Gasteiger partial charge in [0.25, 0.3) is 11.8 Å². The lowest BCUT2D eigenvalue weighted by atomic mass is 9.77. The van der Waals surface area contributed by atoms with Crippen molar-refractivity contribution in [2.45, 2.75) is 23.6 Å². The topological polar surface area (TPSA) is 171 Å². The minimum atomic E-state index is -1.77. The molecule has 314 valence electrons. The number of thiazole rings is 1. The number of carbonyl (C=O) groups is 3. The van der Waals surface area contributed by atoms with Crippen molar-refractivity contribution in [3.63, 3.8) is 0 Å². The number of pyridine rings is 1. The van der Waals surface area contributed by atoms with Crippen LogP contribution >= 0.6 is 11.3 Å². The number of methoxy groups -OCH3 is 1. The van der Waals surface area contributed by atoms with Crippen LogP contribution < -0.4 is 20.1 Å². The van der Waals surface area contributed by atoms with Gasteiger partial charge in [-0.15, -0.1) is 11.3 Å². The zero-order valence-corrected chi connectivity index (χ0v) is 35.1. The molecule has 62 heavy (non-hydrogen) atoms. The fraction of sp³-hybridized carbons (Fsp3) is 0.174. The molecule has 2 amide bonds. The number of nitrogens with one attached hydrogen (secondary N) is 2. The van der Waals surface area contributed by atoms with Crippen molar-refractivity contribution in [1.29, 1.82) is 0 Å². The van der Waals surface area contributed by atoms with Gasteiger partial charge in [0.05, 0.1) is 29.9 Å². The molecule has 0 bridgehead atoms. The number of nitrogens with zero attached hydrogens (tertiary/aromatic N) is 4. The highest BCUT2D eigenvalue weighted by atomic mass is 32.2. The van der Waals surface area contributed by atoms with Crippen molar-refractivity contribution in [3.05, 3.63) is 184 Å². The minimum absolute atomic E-state index is 0.0952. The first-order valence-corrected chi connectivity index (χ1v) is 21.6. The van der Waals surface area contributed by atoms with Crippen molar-refractivity contribution in [3.8, 4) is 11.5 Å². The van der Waals surface area contributed by atoms with E-state index in [1.54, 1.807) is 55.1 Å². The Kier molecular flexibility index (Phi) is 12.5. The lowest BCUT2D eigenvalue weighted by Crippen LogP contribution is -2.74. The Morgan fingerprint density at radius 2 is 1.50 bits per heavy atom. The molecule has 1 fully saturated rings. The van der Waals surface area contributed by atoms with E-state index in [1.807, 2.05) is 91.0 Å². The van der Waals surface area contributed by atoms with Crippen molar-refractivity contribution in [2.24, 2.45) is 5.16 Å². The molecule has 4 heterocycles. The van der Waals surface area contributed by atoms with Gasteiger partial charge in [0, 0.05) is 17.2 Å². The van der Waals surface area contributed by atoms with Gasteiger partial charge >= 0.3 is 5.97 Å². The summed E-state index contributed by atoms with van der Waals surface area (Å²) in [5.74, 6) is -1.35. The molecule has 0 aliphatic carbocycles. The van der Waals surface area contributed by atoms with Crippen LogP contribution in [0.25, 0.3) is 0 Å². The molecular weight excluding hydrogens is 829 g/mol. The van der Waals surface area contributed by atoms with Gasteiger partial charge in [-0.3, -0.25) is 23.7 Å². The molecule has 6 aromatic rings. The number of fused-ring (bicyclic) bond motifs is 1. The molecule has 2 N–H and O–H groups in total. The number of rotatable bonds is 16. The Hall–Kier alpha value is -7.17. The van der Waals surface area contributed by atoms with Gasteiger partial charge in [-0.25, -0.2) is 9.78 Å². The van der Waals surface area contributed by atoms with Crippen LogP contribution in [0.2, 0.25) is 0 Å². The number of oxime groups is 1. The molecule has 0 saturated carbocycles. The number of aromatic nitrogens is 2. The van der Waals surface area contributed by atoms with Gasteiger partial charge in [-0.1, -0.05) is 108 Å². The second kappa shape index (κ2) is 18.6. The largest absolute Gasteiger partial charge is 0.497 e. The Bertz CT molecular complexity index is 2530. The minimum Gasteiger partial charge on any atom is -0.497 e. The zero-order valence-electron chi connectivity index (χ0n) is 33.5. The van der Waals surface area contributed by atoms with Gasteiger partial charge in [0.2, 0.25) is 0 Å². The number of carbonyl (C=O) groups excluding carboxylic acids is 3. The Morgan fingerprint density at radius 3 is 2.08 bits per heavy atom. The maximum absolute atomic E-state index is 14.1. The van der Waals surface area contributed by atoms with E-state index in [0.29, 0.717) is 27.8 Å². The fourth-order valence-corrected chi connectivity index (χ4v) is 9.80. The third-order valence-corrected chi connectivity index (χ3v) is 12.7. The third-order valence-electron chi connectivity index (χ3n) is 10.3. The van der Waals surface area contributed by atoms with E-state index in [0.717, 1.165) is 21.6 Å². The summed E-state index contributed by atoms with van der Waals surface area (Å²) in [6.45, 7) is -0.271. The van der Waals surface area contributed by atoms with Gasteiger partial charge in [0.15, 0.2) is 10.8 Å². The van der Waals surface area contributed by atoms with Crippen LogP contribution in [0.4, 0.5) is 5.13 Å². The molecule has 2 aliphatic rings. The quantitative estimate of drug-likeness (QED) is 0.0397. The molecular formula is C46H40N6O8S2. The van der Waals surface area contributed by atoms with Crippen molar-refractivity contribution in [2.75, 3.05) is 31.9 Å². The lowest BCUT2D eigenvalue weighted by Gasteiger charge is -2.49. The first-order chi connectivity index (χ1) is 30.3. The summed E-state index contributed by atoms with van der Waals surface area (Å²) in [6.07, 6.45) is 3.08. The maximum Gasteiger partial charge on any atom is 0.355 e. The zero-order chi connectivity index (χ0) is 43.1. The monoisotopic (exact) mass is 868 g/mol. The standard InChI is InChI=1S/C46H40N6O8S2/c1-57-35-22-20-30(21-23-35)26-60-44(55)40-31(27-59-36-19-12-24-47-25-36)29-62(56)43-39(42(54)52(40)43)49-41(53)38(51-58-2)37-28-61-45(48-37)50-46(32-13-6-3-7-14-32,33-15-8-4-9-16-33)34-17-10-5-11-18-34/h3-25,28,39,43H,26-27,29H2,1-2H3,(H,48,50)(H,49,53)/b51-38-/t39-,43-,62?/m1/s1. The van der Waals surface area contributed by atoms with E-state index in [2.05, 4.69) is 20.8 Å². The number of amides is 2. The number of anilines is 1. The molecule has 2 aromatic heterocycles. The average molecular weight is 869 g/mol. The van der Waals surface area contributed by atoms with E-state index >= 15 is 0 Å². The second-order valence-corrected chi connectivity index (χ2v) is 16.5. The predicted molar refractivity (Wildman–Crippen MR) is 234 cm³/mol. The van der Waals surface area contributed by atoms with Crippen LogP contribution in [0.15, 0.2) is 162 Å². The third kappa shape index (κ3) is 8.42. The van der Waals surface area contributed by atoms with E-state index in [-0.39, 0.29) is 36.1 Å². The van der Waals surface area contributed by atoms with E-state index < -0.39 is 45.5 Å². The Labute approximate surface area is 363 Å². The predicted octanol–water partition coefficient (Wildman–Crippen LogP) is 5.79. The maximum atomic E-state index is 14.1. The normalized spacial score (nSPS) is 17.3. The number of hydrogen-bond donors (Lipinski definition) is 2.